The van der Waals surface area contributed by atoms with Crippen LogP contribution in [0, 0.1) is 5.82 Å². The lowest BCUT2D eigenvalue weighted by molar-refractivity contribution is 0.473. The van der Waals surface area contributed by atoms with Gasteiger partial charge >= 0.3 is 0 Å². The predicted molar refractivity (Wildman–Crippen MR) is 87.7 cm³/mol. The van der Waals surface area contributed by atoms with Crippen molar-refractivity contribution in [1.29, 1.82) is 0 Å². The van der Waals surface area contributed by atoms with E-state index in [9.17, 15) is 4.39 Å². The van der Waals surface area contributed by atoms with Gasteiger partial charge in [0.25, 0.3) is 0 Å². The summed E-state index contributed by atoms with van der Waals surface area (Å²) in [5.74, 6) is 0.633. The maximum Gasteiger partial charge on any atom is 0.144 e. The fraction of sp³-hybridized carbons (Fsp3) is 0.250. The van der Waals surface area contributed by atoms with Crippen LogP contribution in [0.5, 0.6) is 11.5 Å². The maximum absolute atomic E-state index is 13.2. The zero-order valence-corrected chi connectivity index (χ0v) is 14.1. The van der Waals surface area contributed by atoms with Crippen LogP contribution in [-0.4, -0.2) is 6.54 Å². The molecule has 1 N–H and O–H groups in total. The van der Waals surface area contributed by atoms with E-state index >= 15 is 0 Å². The van der Waals surface area contributed by atoms with E-state index in [1.54, 1.807) is 12.1 Å². The Morgan fingerprint density at radius 2 is 2.05 bits per heavy atom. The Hall–Kier alpha value is -1.10. The number of ether oxygens (including phenoxy) is 1. The SMILES string of the molecule is CCNC(C)c1ccc(Oc2cc(F)ccc2Br)cc1Cl. The minimum absolute atomic E-state index is 0.164. The first kappa shape index (κ1) is 16.3. The molecule has 2 rings (SSSR count). The van der Waals surface area contributed by atoms with Crippen LogP contribution in [-0.2, 0) is 0 Å². The highest BCUT2D eigenvalue weighted by atomic mass is 79.9. The van der Waals surface area contributed by atoms with Crippen molar-refractivity contribution in [1.82, 2.24) is 5.32 Å². The highest BCUT2D eigenvalue weighted by Crippen LogP contribution is 2.33. The van der Waals surface area contributed by atoms with Gasteiger partial charge in [-0.15, -0.1) is 0 Å². The average Bonchev–Trinajstić information content (AvgIpc) is 2.43. The summed E-state index contributed by atoms with van der Waals surface area (Å²) >= 11 is 9.62. The fourth-order valence-corrected chi connectivity index (χ4v) is 2.68. The Kier molecular flexibility index (Phi) is 5.62. The van der Waals surface area contributed by atoms with Gasteiger partial charge in [-0.25, -0.2) is 4.39 Å². The van der Waals surface area contributed by atoms with Crippen molar-refractivity contribution in [3.05, 3.63) is 57.3 Å². The lowest BCUT2D eigenvalue weighted by Crippen LogP contribution is -2.17. The van der Waals surface area contributed by atoms with Crippen molar-refractivity contribution in [2.45, 2.75) is 19.9 Å². The Morgan fingerprint density at radius 3 is 2.71 bits per heavy atom. The van der Waals surface area contributed by atoms with Gasteiger partial charge in [0.05, 0.1) is 4.47 Å². The predicted octanol–water partition coefficient (Wildman–Crippen LogP) is 5.70. The maximum atomic E-state index is 13.2. The van der Waals surface area contributed by atoms with Crippen LogP contribution < -0.4 is 10.1 Å². The second kappa shape index (κ2) is 7.25. The molecule has 0 radical (unpaired) electrons. The van der Waals surface area contributed by atoms with E-state index in [1.807, 2.05) is 19.1 Å². The third-order valence-corrected chi connectivity index (χ3v) is 4.05. The Bertz CT molecular complexity index is 636. The summed E-state index contributed by atoms with van der Waals surface area (Å²) in [5, 5.41) is 3.92. The van der Waals surface area contributed by atoms with Crippen molar-refractivity contribution in [2.75, 3.05) is 6.54 Å². The minimum Gasteiger partial charge on any atom is -0.456 e. The van der Waals surface area contributed by atoms with Gasteiger partial charge in [0.15, 0.2) is 0 Å². The summed E-state index contributed by atoms with van der Waals surface area (Å²) in [6.07, 6.45) is 0. The summed E-state index contributed by atoms with van der Waals surface area (Å²) in [7, 11) is 0. The number of rotatable bonds is 5. The molecule has 0 heterocycles. The van der Waals surface area contributed by atoms with Crippen molar-refractivity contribution in [3.8, 4) is 11.5 Å². The van der Waals surface area contributed by atoms with Crippen LogP contribution in [0.2, 0.25) is 5.02 Å². The molecule has 0 aliphatic heterocycles. The molecule has 0 aliphatic rings. The monoisotopic (exact) mass is 371 g/mol. The van der Waals surface area contributed by atoms with Gasteiger partial charge in [0.2, 0.25) is 0 Å². The molecule has 0 aromatic heterocycles. The first-order valence-corrected chi connectivity index (χ1v) is 7.84. The topological polar surface area (TPSA) is 21.3 Å². The molecule has 0 saturated heterocycles. The Morgan fingerprint density at radius 1 is 1.29 bits per heavy atom. The number of nitrogens with one attached hydrogen (secondary N) is 1. The molecular formula is C16H16BrClFNO. The number of halogens is 3. The van der Waals surface area contributed by atoms with Crippen LogP contribution in [0.1, 0.15) is 25.5 Å². The molecule has 21 heavy (non-hydrogen) atoms. The van der Waals surface area contributed by atoms with E-state index in [0.29, 0.717) is 21.0 Å². The fourth-order valence-electron chi connectivity index (χ4n) is 2.02. The Labute approximate surface area is 137 Å². The van der Waals surface area contributed by atoms with Crippen molar-refractivity contribution in [2.24, 2.45) is 0 Å². The molecule has 2 nitrogen and oxygen atoms in total. The number of hydrogen-bond donors (Lipinski definition) is 1. The Balaban J connectivity index is 2.22. The standard InChI is InChI=1S/C16H16BrClFNO/c1-3-20-10(2)13-6-5-12(9-15(13)18)21-16-8-11(19)4-7-14(16)17/h4-10,20H,3H2,1-2H3. The molecule has 0 aliphatic carbocycles. The van der Waals surface area contributed by atoms with Crippen LogP contribution in [0.4, 0.5) is 4.39 Å². The number of benzene rings is 2. The van der Waals surface area contributed by atoms with Crippen LogP contribution in [0.15, 0.2) is 40.9 Å². The molecule has 0 fully saturated rings. The minimum atomic E-state index is -0.350. The molecule has 0 amide bonds. The first-order valence-electron chi connectivity index (χ1n) is 6.67. The highest BCUT2D eigenvalue weighted by Gasteiger charge is 2.11. The smallest absolute Gasteiger partial charge is 0.144 e. The molecule has 2 aromatic carbocycles. The zero-order valence-electron chi connectivity index (χ0n) is 11.8. The summed E-state index contributed by atoms with van der Waals surface area (Å²) in [6.45, 7) is 4.96. The zero-order chi connectivity index (χ0) is 15.4. The third-order valence-electron chi connectivity index (χ3n) is 3.07. The van der Waals surface area contributed by atoms with Gasteiger partial charge in [0, 0.05) is 17.1 Å². The molecule has 2 aromatic rings. The van der Waals surface area contributed by atoms with Crippen LogP contribution in [0.3, 0.4) is 0 Å². The van der Waals surface area contributed by atoms with Crippen molar-refractivity contribution in [3.63, 3.8) is 0 Å². The lowest BCUT2D eigenvalue weighted by Gasteiger charge is -2.15. The van der Waals surface area contributed by atoms with Gasteiger partial charge in [-0.2, -0.15) is 0 Å². The summed E-state index contributed by atoms with van der Waals surface area (Å²) in [5.41, 5.74) is 1.00. The summed E-state index contributed by atoms with van der Waals surface area (Å²) in [4.78, 5) is 0. The third kappa shape index (κ3) is 4.19. The molecule has 112 valence electrons. The largest absolute Gasteiger partial charge is 0.456 e. The van der Waals surface area contributed by atoms with Crippen LogP contribution >= 0.6 is 27.5 Å². The van der Waals surface area contributed by atoms with Crippen molar-refractivity contribution >= 4 is 27.5 Å². The molecule has 1 atom stereocenters. The van der Waals surface area contributed by atoms with E-state index in [4.69, 9.17) is 16.3 Å². The molecular weight excluding hydrogens is 357 g/mol. The lowest BCUT2D eigenvalue weighted by atomic mass is 10.1. The van der Waals surface area contributed by atoms with Gasteiger partial charge in [-0.3, -0.25) is 0 Å². The van der Waals surface area contributed by atoms with Gasteiger partial charge in [-0.05, 0) is 59.2 Å². The number of hydrogen-bond acceptors (Lipinski definition) is 2. The molecule has 0 saturated carbocycles. The normalized spacial score (nSPS) is 12.2. The summed E-state index contributed by atoms with van der Waals surface area (Å²) in [6, 6.07) is 9.94. The van der Waals surface area contributed by atoms with Crippen LogP contribution in [0.25, 0.3) is 0 Å². The van der Waals surface area contributed by atoms with Crippen molar-refractivity contribution < 1.29 is 9.13 Å². The van der Waals surface area contributed by atoms with E-state index in [-0.39, 0.29) is 11.9 Å². The van der Waals surface area contributed by atoms with E-state index in [0.717, 1.165) is 12.1 Å². The second-order valence-electron chi connectivity index (χ2n) is 4.64. The van der Waals surface area contributed by atoms with Gasteiger partial charge < -0.3 is 10.1 Å². The molecule has 1 unspecified atom stereocenters. The van der Waals surface area contributed by atoms with E-state index < -0.39 is 0 Å². The van der Waals surface area contributed by atoms with Gasteiger partial charge in [0.1, 0.15) is 17.3 Å². The molecule has 0 bridgehead atoms. The summed E-state index contributed by atoms with van der Waals surface area (Å²) < 4.78 is 19.6. The van der Waals surface area contributed by atoms with E-state index in [2.05, 4.69) is 28.2 Å². The second-order valence-corrected chi connectivity index (χ2v) is 5.90. The van der Waals surface area contributed by atoms with E-state index in [1.165, 1.54) is 12.1 Å². The molecule has 0 spiro atoms. The average molecular weight is 373 g/mol. The quantitative estimate of drug-likeness (QED) is 0.726. The molecule has 5 heteroatoms. The first-order chi connectivity index (χ1) is 10.0. The highest BCUT2D eigenvalue weighted by molar-refractivity contribution is 9.10. The van der Waals surface area contributed by atoms with Gasteiger partial charge in [-0.1, -0.05) is 24.6 Å².